The van der Waals surface area contributed by atoms with Crippen molar-refractivity contribution >= 4 is 29.9 Å². The molecule has 2 aliphatic heterocycles. The Balaban J connectivity index is 1.17. The second kappa shape index (κ2) is 16.7. The van der Waals surface area contributed by atoms with Gasteiger partial charge in [0.05, 0.1) is 25.0 Å². The van der Waals surface area contributed by atoms with Crippen molar-refractivity contribution in [2.24, 2.45) is 11.8 Å². The standard InChI is InChI=1S/C38H49N7O7/c1-22(2)31(42-37(49)50)35(47)44-18-6-8-29(44)33-39-21-28(41-33)27-16-14-26(15-17-27)25-12-10-24(11-13-25)20-40-34(46)30-9-7-19-45(30)36(48)32(23(3)4)43-38(51)52-5/h10-17,21-23,29-32,42H,6-9,18-20H2,1-5H3,(H,39,41)(H,40,46)(H,43,51)(H,49,50). The maximum atomic E-state index is 13.3. The van der Waals surface area contributed by atoms with Gasteiger partial charge in [-0.15, -0.1) is 0 Å². The Hall–Kier alpha value is -5.40. The zero-order valence-electron chi connectivity index (χ0n) is 30.3. The summed E-state index contributed by atoms with van der Waals surface area (Å²) in [5.41, 5.74) is 4.69. The summed E-state index contributed by atoms with van der Waals surface area (Å²) in [4.78, 5) is 74.2. The van der Waals surface area contributed by atoms with E-state index in [1.807, 2.05) is 76.2 Å². The SMILES string of the molecule is COC(=O)NC(C(=O)N1CCCC1C(=O)NCc1ccc(-c2ccc(-c3cnc(C4CCCN4C(=O)C(NC(=O)O)C(C)C)[nH]3)cc2)cc1)C(C)C. The first-order valence-corrected chi connectivity index (χ1v) is 17.8. The normalized spacial score (nSPS) is 18.3. The van der Waals surface area contributed by atoms with Gasteiger partial charge in [-0.2, -0.15) is 0 Å². The Bertz CT molecular complexity index is 1740. The summed E-state index contributed by atoms with van der Waals surface area (Å²) in [6.07, 6.45) is 2.65. The number of hydrogen-bond donors (Lipinski definition) is 5. The Morgan fingerprint density at radius 2 is 1.38 bits per heavy atom. The summed E-state index contributed by atoms with van der Waals surface area (Å²) < 4.78 is 4.68. The molecule has 5 amide bonds. The summed E-state index contributed by atoms with van der Waals surface area (Å²) in [6, 6.07) is 13.5. The molecule has 0 bridgehead atoms. The molecule has 2 fully saturated rings. The fraction of sp³-hybridized carbons (Fsp3) is 0.474. The van der Waals surface area contributed by atoms with Gasteiger partial charge in [-0.25, -0.2) is 14.6 Å². The van der Waals surface area contributed by atoms with Crippen molar-refractivity contribution < 1.29 is 33.8 Å². The van der Waals surface area contributed by atoms with Crippen LogP contribution in [0.15, 0.2) is 54.7 Å². The predicted octanol–water partition coefficient (Wildman–Crippen LogP) is 4.69. The van der Waals surface area contributed by atoms with E-state index in [9.17, 15) is 29.1 Å². The van der Waals surface area contributed by atoms with Crippen LogP contribution in [-0.4, -0.2) is 93.1 Å². The molecule has 4 unspecified atom stereocenters. The number of methoxy groups -OCH3 is 1. The molecule has 278 valence electrons. The van der Waals surface area contributed by atoms with Crippen LogP contribution in [0.3, 0.4) is 0 Å². The Morgan fingerprint density at radius 1 is 0.827 bits per heavy atom. The third-order valence-corrected chi connectivity index (χ3v) is 9.84. The number of H-pyrrole nitrogens is 1. The van der Waals surface area contributed by atoms with Gasteiger partial charge in [0.1, 0.15) is 23.9 Å². The number of benzene rings is 2. The van der Waals surface area contributed by atoms with Crippen LogP contribution in [0.25, 0.3) is 22.4 Å². The Kier molecular flexibility index (Phi) is 12.2. The number of aromatic amines is 1. The first-order chi connectivity index (χ1) is 24.9. The van der Waals surface area contributed by atoms with Crippen LogP contribution >= 0.6 is 0 Å². The molecule has 0 spiro atoms. The third kappa shape index (κ3) is 8.72. The average molecular weight is 716 g/mol. The molecule has 14 heteroatoms. The molecule has 5 rings (SSSR count). The highest BCUT2D eigenvalue weighted by molar-refractivity contribution is 5.92. The van der Waals surface area contributed by atoms with Crippen LogP contribution in [0.1, 0.15) is 70.8 Å². The number of carboxylic acid groups (broad SMARTS) is 1. The maximum absolute atomic E-state index is 13.3. The highest BCUT2D eigenvalue weighted by atomic mass is 16.5. The Morgan fingerprint density at radius 3 is 2.00 bits per heavy atom. The number of rotatable bonds is 12. The zero-order chi connectivity index (χ0) is 37.5. The number of hydrogen-bond acceptors (Lipinski definition) is 7. The molecule has 5 N–H and O–H groups in total. The van der Waals surface area contributed by atoms with Crippen molar-refractivity contribution in [1.29, 1.82) is 0 Å². The van der Waals surface area contributed by atoms with Crippen LogP contribution < -0.4 is 16.0 Å². The monoisotopic (exact) mass is 715 g/mol. The molecule has 3 aromatic rings. The van der Waals surface area contributed by atoms with Crippen LogP contribution in [0.4, 0.5) is 9.59 Å². The van der Waals surface area contributed by atoms with E-state index < -0.39 is 30.3 Å². The molecule has 0 aliphatic carbocycles. The van der Waals surface area contributed by atoms with Crippen molar-refractivity contribution in [1.82, 2.24) is 35.7 Å². The lowest BCUT2D eigenvalue weighted by Gasteiger charge is -2.30. The van der Waals surface area contributed by atoms with Gasteiger partial charge in [0.25, 0.3) is 0 Å². The lowest BCUT2D eigenvalue weighted by atomic mass is 10.0. The van der Waals surface area contributed by atoms with E-state index in [-0.39, 0.29) is 35.6 Å². The summed E-state index contributed by atoms with van der Waals surface area (Å²) in [6.45, 7) is 8.61. The number of amides is 5. The first-order valence-electron chi connectivity index (χ1n) is 17.8. The number of nitrogens with one attached hydrogen (secondary N) is 4. The molecule has 2 saturated heterocycles. The van der Waals surface area contributed by atoms with E-state index in [0.717, 1.165) is 40.8 Å². The van der Waals surface area contributed by atoms with E-state index in [2.05, 4.69) is 30.7 Å². The van der Waals surface area contributed by atoms with Crippen molar-refractivity contribution in [2.45, 2.75) is 84.1 Å². The minimum atomic E-state index is -1.22. The molecule has 52 heavy (non-hydrogen) atoms. The number of alkyl carbamates (subject to hydrolysis) is 1. The largest absolute Gasteiger partial charge is 0.465 e. The summed E-state index contributed by atoms with van der Waals surface area (Å²) in [5, 5.41) is 17.2. The smallest absolute Gasteiger partial charge is 0.407 e. The molecule has 14 nitrogen and oxygen atoms in total. The topological polar surface area (TPSA) is 186 Å². The lowest BCUT2D eigenvalue weighted by molar-refractivity contribution is -0.140. The van der Waals surface area contributed by atoms with Crippen molar-refractivity contribution in [3.8, 4) is 22.4 Å². The molecule has 4 atom stereocenters. The maximum Gasteiger partial charge on any atom is 0.407 e. The van der Waals surface area contributed by atoms with E-state index in [1.165, 1.54) is 7.11 Å². The number of imidazole rings is 1. The molecular weight excluding hydrogens is 666 g/mol. The van der Waals surface area contributed by atoms with E-state index in [4.69, 9.17) is 0 Å². The fourth-order valence-electron chi connectivity index (χ4n) is 6.94. The number of ether oxygens (including phenoxy) is 1. The molecule has 0 saturated carbocycles. The summed E-state index contributed by atoms with van der Waals surface area (Å²) >= 11 is 0. The number of aromatic nitrogens is 2. The molecule has 1 aromatic heterocycles. The van der Waals surface area contributed by atoms with Gasteiger partial charge in [-0.05, 0) is 59.8 Å². The molecule has 2 aromatic carbocycles. The zero-order valence-corrected chi connectivity index (χ0v) is 30.3. The van der Waals surface area contributed by atoms with Crippen LogP contribution in [-0.2, 0) is 25.7 Å². The summed E-state index contributed by atoms with van der Waals surface area (Å²) in [7, 11) is 1.25. The fourth-order valence-corrected chi connectivity index (χ4v) is 6.94. The van der Waals surface area contributed by atoms with E-state index >= 15 is 0 Å². The van der Waals surface area contributed by atoms with Gasteiger partial charge in [-0.3, -0.25) is 14.4 Å². The van der Waals surface area contributed by atoms with E-state index in [0.29, 0.717) is 38.3 Å². The molecule has 2 aliphatic rings. The summed E-state index contributed by atoms with van der Waals surface area (Å²) in [5.74, 6) is -0.453. The van der Waals surface area contributed by atoms with Gasteiger partial charge in [-0.1, -0.05) is 76.2 Å². The molecular formula is C38H49N7O7. The number of carbonyl (C=O) groups excluding carboxylic acids is 4. The van der Waals surface area contributed by atoms with Gasteiger partial charge in [0, 0.05) is 19.6 Å². The van der Waals surface area contributed by atoms with Gasteiger partial charge in [0.15, 0.2) is 0 Å². The number of nitrogens with zero attached hydrogens (tertiary/aromatic N) is 3. The Labute approximate surface area is 303 Å². The van der Waals surface area contributed by atoms with Crippen molar-refractivity contribution in [2.75, 3.05) is 20.2 Å². The minimum absolute atomic E-state index is 0.176. The van der Waals surface area contributed by atoms with Crippen LogP contribution in [0, 0.1) is 11.8 Å². The predicted molar refractivity (Wildman–Crippen MR) is 194 cm³/mol. The second-order valence-electron chi connectivity index (χ2n) is 14.1. The highest BCUT2D eigenvalue weighted by Gasteiger charge is 2.39. The number of likely N-dealkylation sites (tertiary alicyclic amines) is 2. The van der Waals surface area contributed by atoms with Gasteiger partial charge in [0.2, 0.25) is 17.7 Å². The number of carbonyl (C=O) groups is 5. The first kappa shape index (κ1) is 37.8. The van der Waals surface area contributed by atoms with Crippen molar-refractivity contribution in [3.05, 3.63) is 66.1 Å². The average Bonchev–Trinajstić information content (AvgIpc) is 3.93. The molecule has 0 radical (unpaired) electrons. The van der Waals surface area contributed by atoms with Gasteiger partial charge < -0.3 is 40.6 Å². The van der Waals surface area contributed by atoms with Crippen LogP contribution in [0.2, 0.25) is 0 Å². The minimum Gasteiger partial charge on any atom is -0.465 e. The lowest BCUT2D eigenvalue weighted by Crippen LogP contribution is -2.55. The quantitative estimate of drug-likeness (QED) is 0.179. The second-order valence-corrected chi connectivity index (χ2v) is 14.1. The third-order valence-electron chi connectivity index (χ3n) is 9.84. The van der Waals surface area contributed by atoms with Gasteiger partial charge >= 0.3 is 12.2 Å². The van der Waals surface area contributed by atoms with Crippen LogP contribution in [0.5, 0.6) is 0 Å². The molecule has 3 heterocycles. The van der Waals surface area contributed by atoms with Crippen molar-refractivity contribution in [3.63, 3.8) is 0 Å². The highest BCUT2D eigenvalue weighted by Crippen LogP contribution is 2.33. The van der Waals surface area contributed by atoms with E-state index in [1.54, 1.807) is 16.0 Å².